The minimum absolute atomic E-state index is 0.0709. The molecule has 0 aromatic heterocycles. The van der Waals surface area contributed by atoms with E-state index in [1.165, 1.54) is 0 Å². The van der Waals surface area contributed by atoms with Gasteiger partial charge in [-0.15, -0.1) is 0 Å². The van der Waals surface area contributed by atoms with Crippen molar-refractivity contribution in [3.05, 3.63) is 141 Å². The summed E-state index contributed by atoms with van der Waals surface area (Å²) in [6.07, 6.45) is 0.286. The zero-order chi connectivity index (χ0) is 24.7. The van der Waals surface area contributed by atoms with Crippen molar-refractivity contribution in [2.24, 2.45) is 0 Å². The second-order valence-corrected chi connectivity index (χ2v) is 9.71. The number of carbonyl (C=O) groups excluding carboxylic acids is 1. The third kappa shape index (κ3) is 5.80. The van der Waals surface area contributed by atoms with Crippen molar-refractivity contribution >= 4 is 34.5 Å². The highest BCUT2D eigenvalue weighted by atomic mass is 127. The van der Waals surface area contributed by atoms with Crippen molar-refractivity contribution in [3.63, 3.8) is 0 Å². The first-order chi connectivity index (χ1) is 17.0. The van der Waals surface area contributed by atoms with E-state index in [4.69, 9.17) is 0 Å². The molecule has 4 nitrogen and oxygen atoms in total. The normalized spacial score (nSPS) is 12.0. The molecule has 4 rings (SSSR count). The van der Waals surface area contributed by atoms with Gasteiger partial charge in [0.2, 0.25) is 5.91 Å². The number of hydrogen-bond acceptors (Lipinski definition) is 2. The number of carboxylic acid groups (broad SMARTS) is 1. The summed E-state index contributed by atoms with van der Waals surface area (Å²) in [6.45, 7) is 0. The highest BCUT2D eigenvalue weighted by molar-refractivity contribution is 14.1. The SMILES string of the molecule is O=C(CC(c1ccccc1)(c1ccccc1)c1ccccc1)N[C@@H](Cc1ccc(I)cc1)C(=O)O. The second kappa shape index (κ2) is 11.3. The maximum Gasteiger partial charge on any atom is 0.326 e. The van der Waals surface area contributed by atoms with Crippen LogP contribution in [0.15, 0.2) is 115 Å². The molecule has 0 fully saturated rings. The number of hydrogen-bond donors (Lipinski definition) is 2. The first-order valence-corrected chi connectivity index (χ1v) is 12.5. The van der Waals surface area contributed by atoms with Crippen LogP contribution in [0.3, 0.4) is 0 Å². The van der Waals surface area contributed by atoms with E-state index in [-0.39, 0.29) is 18.7 Å². The van der Waals surface area contributed by atoms with E-state index in [2.05, 4.69) is 27.9 Å². The van der Waals surface area contributed by atoms with Crippen LogP contribution in [0.5, 0.6) is 0 Å². The van der Waals surface area contributed by atoms with Crippen molar-refractivity contribution in [1.82, 2.24) is 5.32 Å². The third-order valence-electron chi connectivity index (χ3n) is 6.21. The van der Waals surface area contributed by atoms with Gasteiger partial charge in [0.05, 0.1) is 5.41 Å². The van der Waals surface area contributed by atoms with E-state index in [0.29, 0.717) is 0 Å². The van der Waals surface area contributed by atoms with Gasteiger partial charge in [-0.1, -0.05) is 103 Å². The molecule has 0 unspecified atom stereocenters. The van der Waals surface area contributed by atoms with Gasteiger partial charge in [-0.05, 0) is 57.0 Å². The molecule has 2 N–H and O–H groups in total. The van der Waals surface area contributed by atoms with E-state index in [1.807, 2.05) is 115 Å². The third-order valence-corrected chi connectivity index (χ3v) is 6.93. The number of benzene rings is 4. The van der Waals surface area contributed by atoms with E-state index in [9.17, 15) is 14.7 Å². The standard InChI is InChI=1S/C30H26INO3/c31-26-18-16-22(17-19-26)20-27(29(34)35)32-28(33)21-30(23-10-4-1-5-11-23,24-12-6-2-7-13-24)25-14-8-3-9-15-25/h1-19,27H,20-21H2,(H,32,33)(H,34,35)/t27-/m0/s1. The van der Waals surface area contributed by atoms with Crippen LogP contribution in [0.2, 0.25) is 0 Å². The van der Waals surface area contributed by atoms with Gasteiger partial charge in [-0.3, -0.25) is 4.79 Å². The lowest BCUT2D eigenvalue weighted by atomic mass is 9.67. The van der Waals surface area contributed by atoms with Gasteiger partial charge in [0, 0.05) is 16.4 Å². The molecule has 176 valence electrons. The Morgan fingerprint density at radius 2 is 1.14 bits per heavy atom. The fourth-order valence-electron chi connectivity index (χ4n) is 4.52. The van der Waals surface area contributed by atoms with Gasteiger partial charge in [0.25, 0.3) is 0 Å². The summed E-state index contributed by atoms with van der Waals surface area (Å²) in [5, 5.41) is 12.7. The largest absolute Gasteiger partial charge is 0.480 e. The van der Waals surface area contributed by atoms with Crippen LogP contribution in [-0.2, 0) is 21.4 Å². The van der Waals surface area contributed by atoms with Gasteiger partial charge in [-0.25, -0.2) is 4.79 Å². The molecule has 0 aliphatic carbocycles. The van der Waals surface area contributed by atoms with Gasteiger partial charge >= 0.3 is 5.97 Å². The van der Waals surface area contributed by atoms with Crippen molar-refractivity contribution in [2.75, 3.05) is 0 Å². The Bertz CT molecular complexity index is 1160. The van der Waals surface area contributed by atoms with Crippen LogP contribution < -0.4 is 5.32 Å². The summed E-state index contributed by atoms with van der Waals surface area (Å²) < 4.78 is 1.07. The van der Waals surface area contributed by atoms with Gasteiger partial charge in [0.1, 0.15) is 6.04 Å². The Kier molecular flexibility index (Phi) is 7.98. The maximum absolute atomic E-state index is 13.6. The van der Waals surface area contributed by atoms with E-state index in [0.717, 1.165) is 25.8 Å². The molecule has 0 bridgehead atoms. The molecule has 1 amide bonds. The van der Waals surface area contributed by atoms with Crippen molar-refractivity contribution < 1.29 is 14.7 Å². The molecular weight excluding hydrogens is 549 g/mol. The van der Waals surface area contributed by atoms with Gasteiger partial charge < -0.3 is 10.4 Å². The molecule has 0 saturated carbocycles. The minimum Gasteiger partial charge on any atom is -0.480 e. The van der Waals surface area contributed by atoms with Crippen molar-refractivity contribution in [3.8, 4) is 0 Å². The minimum atomic E-state index is -1.05. The molecular formula is C30H26INO3. The van der Waals surface area contributed by atoms with Crippen molar-refractivity contribution in [2.45, 2.75) is 24.3 Å². The number of rotatable bonds is 9. The average Bonchev–Trinajstić information content (AvgIpc) is 2.89. The van der Waals surface area contributed by atoms with Gasteiger partial charge in [0.15, 0.2) is 0 Å². The molecule has 0 saturated heterocycles. The molecule has 0 aliphatic heterocycles. The average molecular weight is 575 g/mol. The number of halogens is 1. The summed E-state index contributed by atoms with van der Waals surface area (Å²) in [4.78, 5) is 25.6. The van der Waals surface area contributed by atoms with Crippen LogP contribution in [0.1, 0.15) is 28.7 Å². The number of aliphatic carboxylic acids is 1. The smallest absolute Gasteiger partial charge is 0.326 e. The number of carbonyl (C=O) groups is 2. The Labute approximate surface area is 219 Å². The Balaban J connectivity index is 1.72. The second-order valence-electron chi connectivity index (χ2n) is 8.47. The lowest BCUT2D eigenvalue weighted by Gasteiger charge is -2.36. The van der Waals surface area contributed by atoms with Crippen molar-refractivity contribution in [1.29, 1.82) is 0 Å². The summed E-state index contributed by atoms with van der Waals surface area (Å²) in [7, 11) is 0. The Morgan fingerprint density at radius 3 is 1.54 bits per heavy atom. The topological polar surface area (TPSA) is 66.4 Å². The molecule has 4 aromatic rings. The van der Waals surface area contributed by atoms with E-state index >= 15 is 0 Å². The molecule has 0 spiro atoms. The fraction of sp³-hybridized carbons (Fsp3) is 0.133. The predicted molar refractivity (Wildman–Crippen MR) is 146 cm³/mol. The van der Waals surface area contributed by atoms with Crippen LogP contribution in [0.25, 0.3) is 0 Å². The molecule has 5 heteroatoms. The summed E-state index contributed by atoms with van der Waals surface area (Å²) in [5.41, 5.74) is 2.99. The fourth-order valence-corrected chi connectivity index (χ4v) is 4.88. The first kappa shape index (κ1) is 24.7. The van der Waals surface area contributed by atoms with Crippen LogP contribution in [0, 0.1) is 3.57 Å². The number of amides is 1. The first-order valence-electron chi connectivity index (χ1n) is 11.4. The van der Waals surface area contributed by atoms with E-state index < -0.39 is 17.4 Å². The molecule has 1 atom stereocenters. The number of carboxylic acids is 1. The Morgan fingerprint density at radius 1 is 0.714 bits per heavy atom. The molecule has 0 radical (unpaired) electrons. The Hall–Kier alpha value is -3.45. The monoisotopic (exact) mass is 575 g/mol. The predicted octanol–water partition coefficient (Wildman–Crippen LogP) is 5.83. The highest BCUT2D eigenvalue weighted by Crippen LogP contribution is 2.42. The molecule has 0 heterocycles. The lowest BCUT2D eigenvalue weighted by Crippen LogP contribution is -2.45. The maximum atomic E-state index is 13.6. The number of nitrogens with one attached hydrogen (secondary N) is 1. The van der Waals surface area contributed by atoms with Crippen LogP contribution >= 0.6 is 22.6 Å². The molecule has 35 heavy (non-hydrogen) atoms. The quantitative estimate of drug-likeness (QED) is 0.195. The summed E-state index contributed by atoms with van der Waals surface area (Å²) in [6, 6.07) is 36.4. The van der Waals surface area contributed by atoms with E-state index in [1.54, 1.807) is 0 Å². The zero-order valence-corrected chi connectivity index (χ0v) is 21.3. The van der Waals surface area contributed by atoms with Crippen LogP contribution in [0.4, 0.5) is 0 Å². The zero-order valence-electron chi connectivity index (χ0n) is 19.1. The lowest BCUT2D eigenvalue weighted by molar-refractivity contribution is -0.141. The molecule has 4 aromatic carbocycles. The van der Waals surface area contributed by atoms with Crippen LogP contribution in [-0.4, -0.2) is 23.0 Å². The van der Waals surface area contributed by atoms with Gasteiger partial charge in [-0.2, -0.15) is 0 Å². The summed E-state index contributed by atoms with van der Waals surface area (Å²) in [5.74, 6) is -1.37. The highest BCUT2D eigenvalue weighted by Gasteiger charge is 2.39. The summed E-state index contributed by atoms with van der Waals surface area (Å²) >= 11 is 2.21. The molecule has 0 aliphatic rings.